The summed E-state index contributed by atoms with van der Waals surface area (Å²) in [6, 6.07) is 15.4. The Bertz CT molecular complexity index is 987. The Kier molecular flexibility index (Phi) is 5.56. The first-order valence-electron chi connectivity index (χ1n) is 9.19. The van der Waals surface area contributed by atoms with Gasteiger partial charge in [-0.15, -0.1) is 5.11 Å². The van der Waals surface area contributed by atoms with Crippen LogP contribution in [0, 0.1) is 0 Å². The van der Waals surface area contributed by atoms with Crippen LogP contribution in [0.2, 0.25) is 0 Å². The van der Waals surface area contributed by atoms with Crippen molar-refractivity contribution in [1.29, 1.82) is 0 Å². The first-order valence-corrected chi connectivity index (χ1v) is 9.19. The van der Waals surface area contributed by atoms with Crippen LogP contribution in [0.3, 0.4) is 0 Å². The monoisotopic (exact) mass is 348 g/mol. The van der Waals surface area contributed by atoms with Crippen molar-refractivity contribution < 1.29 is 0 Å². The largest absolute Gasteiger partial charge is 0.268 e. The topological polar surface area (TPSA) is 59.6 Å². The molecule has 2 aromatic carbocycles. The Labute approximate surface area is 153 Å². The van der Waals surface area contributed by atoms with Crippen LogP contribution >= 0.6 is 0 Å². The highest BCUT2D eigenvalue weighted by Crippen LogP contribution is 2.20. The van der Waals surface area contributed by atoms with Gasteiger partial charge in [-0.3, -0.25) is 4.79 Å². The van der Waals surface area contributed by atoms with Crippen LogP contribution in [-0.4, -0.2) is 15.6 Å². The third kappa shape index (κ3) is 3.57. The van der Waals surface area contributed by atoms with Gasteiger partial charge in [0, 0.05) is 0 Å². The molecule has 0 spiro atoms. The van der Waals surface area contributed by atoms with E-state index < -0.39 is 0 Å². The summed E-state index contributed by atoms with van der Waals surface area (Å²) in [7, 11) is 0. The van der Waals surface area contributed by atoms with Gasteiger partial charge in [0.15, 0.2) is 0 Å². The van der Waals surface area contributed by atoms with Gasteiger partial charge in [-0.2, -0.15) is 5.11 Å². The Morgan fingerprint density at radius 3 is 2.54 bits per heavy atom. The van der Waals surface area contributed by atoms with Gasteiger partial charge < -0.3 is 0 Å². The number of benzene rings is 2. The highest BCUT2D eigenvalue weighted by Gasteiger charge is 2.13. The van der Waals surface area contributed by atoms with Gasteiger partial charge in [-0.25, -0.2) is 9.55 Å². The summed E-state index contributed by atoms with van der Waals surface area (Å²) < 4.78 is 1.56. The first-order chi connectivity index (χ1) is 12.7. The summed E-state index contributed by atoms with van der Waals surface area (Å²) in [5.41, 5.74) is 2.44. The average molecular weight is 348 g/mol. The lowest BCUT2D eigenvalue weighted by Gasteiger charge is -2.12. The molecule has 0 fully saturated rings. The van der Waals surface area contributed by atoms with Gasteiger partial charge in [0.05, 0.1) is 22.6 Å². The normalized spacial score (nSPS) is 11.7. The van der Waals surface area contributed by atoms with Crippen LogP contribution < -0.4 is 5.56 Å². The molecule has 1 aromatic heterocycles. The summed E-state index contributed by atoms with van der Waals surface area (Å²) in [6.07, 6.45) is 2.71. The summed E-state index contributed by atoms with van der Waals surface area (Å²) in [5.74, 6) is 0.328. The molecule has 0 saturated heterocycles. The maximum atomic E-state index is 13.2. The number of azo groups is 1. The number of hydrogen-bond donors (Lipinski definition) is 0. The van der Waals surface area contributed by atoms with E-state index in [0.29, 0.717) is 16.9 Å². The molecule has 0 aliphatic rings. The molecule has 0 saturated carbocycles. The zero-order chi connectivity index (χ0) is 18.5. The fourth-order valence-corrected chi connectivity index (χ4v) is 2.92. The first kappa shape index (κ1) is 18.0. The van der Waals surface area contributed by atoms with Crippen molar-refractivity contribution >= 4 is 16.9 Å². The predicted octanol–water partition coefficient (Wildman–Crippen LogP) is 5.22. The van der Waals surface area contributed by atoms with E-state index in [1.807, 2.05) is 36.4 Å². The van der Waals surface area contributed by atoms with E-state index in [2.05, 4.69) is 42.1 Å². The highest BCUT2D eigenvalue weighted by molar-refractivity contribution is 5.78. The lowest BCUT2D eigenvalue weighted by atomic mass is 10.1. The second-order valence-corrected chi connectivity index (χ2v) is 6.28. The van der Waals surface area contributed by atoms with Gasteiger partial charge in [0.1, 0.15) is 0 Å². The number of fused-ring (bicyclic) bond motifs is 1. The summed E-state index contributed by atoms with van der Waals surface area (Å²) in [6.45, 7) is 6.26. The van der Waals surface area contributed by atoms with E-state index in [-0.39, 0.29) is 11.6 Å². The third-order valence-corrected chi connectivity index (χ3v) is 4.59. The van der Waals surface area contributed by atoms with E-state index in [0.717, 1.165) is 30.5 Å². The summed E-state index contributed by atoms with van der Waals surface area (Å²) in [4.78, 5) is 17.8. The Morgan fingerprint density at radius 1 is 1.04 bits per heavy atom. The van der Waals surface area contributed by atoms with Gasteiger partial charge in [-0.1, -0.05) is 45.0 Å². The minimum absolute atomic E-state index is 0.123. The van der Waals surface area contributed by atoms with Crippen LogP contribution in [-0.2, 0) is 6.42 Å². The van der Waals surface area contributed by atoms with Crippen molar-refractivity contribution in [3.63, 3.8) is 0 Å². The summed E-state index contributed by atoms with van der Waals surface area (Å²) in [5, 5.41) is 9.36. The zero-order valence-corrected chi connectivity index (χ0v) is 15.5. The molecule has 26 heavy (non-hydrogen) atoms. The van der Waals surface area contributed by atoms with E-state index >= 15 is 0 Å². The molecule has 0 aliphatic heterocycles. The number of rotatable bonds is 6. The molecule has 0 amide bonds. The van der Waals surface area contributed by atoms with Crippen molar-refractivity contribution in [2.45, 2.75) is 46.1 Å². The van der Waals surface area contributed by atoms with E-state index in [1.54, 1.807) is 10.6 Å². The predicted molar refractivity (Wildman–Crippen MR) is 106 cm³/mol. The van der Waals surface area contributed by atoms with E-state index in [9.17, 15) is 4.79 Å². The molecule has 0 N–H and O–H groups in total. The quantitative estimate of drug-likeness (QED) is 0.573. The van der Waals surface area contributed by atoms with Crippen molar-refractivity contribution in [2.24, 2.45) is 10.2 Å². The number of aryl methyl sites for hydroxylation is 1. The van der Waals surface area contributed by atoms with Gasteiger partial charge >= 0.3 is 0 Å². The van der Waals surface area contributed by atoms with Gasteiger partial charge in [0.2, 0.25) is 0 Å². The lowest BCUT2D eigenvalue weighted by Crippen LogP contribution is -2.20. The molecule has 3 rings (SSSR count). The summed E-state index contributed by atoms with van der Waals surface area (Å²) >= 11 is 0. The maximum Gasteiger partial charge on any atom is 0.267 e. The Morgan fingerprint density at radius 2 is 1.81 bits per heavy atom. The molecule has 0 unspecified atom stereocenters. The molecule has 0 radical (unpaired) electrons. The molecular formula is C21H24N4O. The van der Waals surface area contributed by atoms with Crippen molar-refractivity contribution in [1.82, 2.24) is 9.55 Å². The van der Waals surface area contributed by atoms with Crippen LogP contribution in [0.4, 0.5) is 5.95 Å². The Balaban J connectivity index is 2.25. The van der Waals surface area contributed by atoms with Gasteiger partial charge in [-0.05, 0) is 49.1 Å². The van der Waals surface area contributed by atoms with E-state index in [1.165, 1.54) is 0 Å². The molecule has 5 heteroatoms. The van der Waals surface area contributed by atoms with Crippen LogP contribution in [0.1, 0.15) is 39.2 Å². The van der Waals surface area contributed by atoms with Crippen molar-refractivity contribution in [3.05, 3.63) is 64.4 Å². The third-order valence-electron chi connectivity index (χ3n) is 4.59. The molecule has 134 valence electrons. The number of para-hydroxylation sites is 1. The molecule has 1 heterocycles. The number of aromatic nitrogens is 2. The van der Waals surface area contributed by atoms with Crippen LogP contribution in [0.5, 0.6) is 0 Å². The van der Waals surface area contributed by atoms with Crippen molar-refractivity contribution in [3.8, 4) is 5.69 Å². The minimum atomic E-state index is -0.123. The smallest absolute Gasteiger partial charge is 0.267 e. The lowest BCUT2D eigenvalue weighted by molar-refractivity contribution is 0.600. The van der Waals surface area contributed by atoms with Gasteiger partial charge in [0.25, 0.3) is 11.5 Å². The fourth-order valence-electron chi connectivity index (χ4n) is 2.92. The number of hydrogen-bond acceptors (Lipinski definition) is 4. The molecule has 0 aliphatic carbocycles. The SMILES string of the molecule is CCc1cccc(-n2c(N=NC(CC)CC)nc3ccccc3c2=O)c1. The van der Waals surface area contributed by atoms with Crippen LogP contribution in [0.25, 0.3) is 16.6 Å². The number of nitrogens with zero attached hydrogens (tertiary/aromatic N) is 4. The molecule has 5 nitrogen and oxygen atoms in total. The highest BCUT2D eigenvalue weighted by atomic mass is 16.1. The standard InChI is InChI=1S/C21H24N4O/c1-4-15-10-9-11-17(14-15)25-20(26)18-12-7-8-13-19(18)22-21(25)24-23-16(5-2)6-3/h7-14,16H,4-6H2,1-3H3. The molecule has 0 atom stereocenters. The molecule has 3 aromatic rings. The Hall–Kier alpha value is -2.82. The average Bonchev–Trinajstić information content (AvgIpc) is 2.69. The minimum Gasteiger partial charge on any atom is -0.268 e. The zero-order valence-electron chi connectivity index (χ0n) is 15.5. The second kappa shape index (κ2) is 8.04. The fraction of sp³-hybridized carbons (Fsp3) is 0.333. The van der Waals surface area contributed by atoms with E-state index in [4.69, 9.17) is 0 Å². The molecule has 0 bridgehead atoms. The van der Waals surface area contributed by atoms with Crippen LogP contribution in [0.15, 0.2) is 63.6 Å². The maximum absolute atomic E-state index is 13.2. The van der Waals surface area contributed by atoms with Crippen molar-refractivity contribution in [2.75, 3.05) is 0 Å². The second-order valence-electron chi connectivity index (χ2n) is 6.28. The molecular weight excluding hydrogens is 324 g/mol.